The molecule has 0 fully saturated rings. The molecular formula is C22H32IN3O3. The Balaban J connectivity index is 0.00000420. The summed E-state index contributed by atoms with van der Waals surface area (Å²) in [6.45, 7) is 13.1. The molecule has 2 aromatic rings. The van der Waals surface area contributed by atoms with Gasteiger partial charge in [-0.25, -0.2) is 4.99 Å². The number of rotatable bonds is 9. The maximum atomic E-state index is 10.9. The highest BCUT2D eigenvalue weighted by atomic mass is 127. The molecule has 0 aliphatic carbocycles. The first-order valence-electron chi connectivity index (χ1n) is 9.51. The largest absolute Gasteiger partial charge is 0.489 e. The zero-order valence-electron chi connectivity index (χ0n) is 17.6. The van der Waals surface area contributed by atoms with Crippen molar-refractivity contribution < 1.29 is 14.3 Å². The molecule has 0 amide bonds. The molecular weight excluding hydrogens is 481 g/mol. The van der Waals surface area contributed by atoms with E-state index < -0.39 is 5.60 Å². The molecule has 160 valence electrons. The Morgan fingerprint density at radius 3 is 2.66 bits per heavy atom. The Labute approximate surface area is 190 Å². The molecule has 7 heteroatoms. The second-order valence-corrected chi connectivity index (χ2v) is 6.86. The van der Waals surface area contributed by atoms with Crippen LogP contribution in [0.3, 0.4) is 0 Å². The van der Waals surface area contributed by atoms with Crippen molar-refractivity contribution in [2.75, 3.05) is 19.7 Å². The maximum absolute atomic E-state index is 10.9. The number of halogens is 1. The summed E-state index contributed by atoms with van der Waals surface area (Å²) in [5, 5.41) is 17.3. The van der Waals surface area contributed by atoms with E-state index in [0.717, 1.165) is 28.4 Å². The van der Waals surface area contributed by atoms with Crippen LogP contribution in [0.15, 0.2) is 52.4 Å². The summed E-state index contributed by atoms with van der Waals surface area (Å²) in [4.78, 5) is 4.63. The highest BCUT2D eigenvalue weighted by molar-refractivity contribution is 14.0. The molecule has 1 unspecified atom stereocenters. The van der Waals surface area contributed by atoms with Crippen LogP contribution in [0.4, 0.5) is 0 Å². The SMILES string of the molecule is C=CCOc1ccccc1CN=C(NCC)NCC(C)(O)c1cc(C)oc1C.I. The lowest BCUT2D eigenvalue weighted by Crippen LogP contribution is -2.44. The van der Waals surface area contributed by atoms with E-state index in [-0.39, 0.29) is 24.0 Å². The molecule has 0 saturated heterocycles. The lowest BCUT2D eigenvalue weighted by molar-refractivity contribution is 0.0601. The van der Waals surface area contributed by atoms with Crippen LogP contribution in [0, 0.1) is 13.8 Å². The number of benzene rings is 1. The summed E-state index contributed by atoms with van der Waals surface area (Å²) >= 11 is 0. The molecule has 1 aromatic carbocycles. The predicted molar refractivity (Wildman–Crippen MR) is 128 cm³/mol. The van der Waals surface area contributed by atoms with Gasteiger partial charge in [-0.3, -0.25) is 0 Å². The monoisotopic (exact) mass is 513 g/mol. The standard InChI is InChI=1S/C22H31N3O3.HI/c1-6-12-27-20-11-9-8-10-18(20)14-24-21(23-7-2)25-15-22(5,26)19-13-16(3)28-17(19)4;/h6,8-11,13,26H,1,7,12,14-15H2,2-5H3,(H2,23,24,25);1H. The third-order valence-electron chi connectivity index (χ3n) is 4.30. The molecule has 6 nitrogen and oxygen atoms in total. The van der Waals surface area contributed by atoms with Crippen LogP contribution >= 0.6 is 24.0 Å². The normalized spacial score (nSPS) is 13.2. The first-order valence-corrected chi connectivity index (χ1v) is 9.51. The summed E-state index contributed by atoms with van der Waals surface area (Å²) in [6.07, 6.45) is 1.72. The van der Waals surface area contributed by atoms with Gasteiger partial charge in [-0.2, -0.15) is 0 Å². The minimum atomic E-state index is -1.08. The Kier molecular flexibility index (Phi) is 10.2. The van der Waals surface area contributed by atoms with E-state index in [4.69, 9.17) is 9.15 Å². The molecule has 2 rings (SSSR count). The number of hydrogen-bond donors (Lipinski definition) is 3. The fourth-order valence-electron chi connectivity index (χ4n) is 2.95. The number of aryl methyl sites for hydroxylation is 2. The second-order valence-electron chi connectivity index (χ2n) is 6.86. The number of furan rings is 1. The van der Waals surface area contributed by atoms with Gasteiger partial charge in [0, 0.05) is 17.7 Å². The topological polar surface area (TPSA) is 79.0 Å². The van der Waals surface area contributed by atoms with Gasteiger partial charge in [0.25, 0.3) is 0 Å². The quantitative estimate of drug-likeness (QED) is 0.204. The minimum absolute atomic E-state index is 0. The zero-order chi connectivity index (χ0) is 20.6. The molecule has 0 saturated carbocycles. The zero-order valence-corrected chi connectivity index (χ0v) is 19.9. The number of nitrogens with zero attached hydrogens (tertiary/aromatic N) is 1. The van der Waals surface area contributed by atoms with Crippen molar-refractivity contribution in [3.05, 3.63) is 65.6 Å². The Bertz CT molecular complexity index is 815. The van der Waals surface area contributed by atoms with Gasteiger partial charge in [-0.05, 0) is 39.8 Å². The van der Waals surface area contributed by atoms with Gasteiger partial charge in [0.1, 0.15) is 29.5 Å². The highest BCUT2D eigenvalue weighted by Crippen LogP contribution is 2.26. The summed E-state index contributed by atoms with van der Waals surface area (Å²) in [7, 11) is 0. The van der Waals surface area contributed by atoms with Crippen LogP contribution < -0.4 is 15.4 Å². The highest BCUT2D eigenvalue weighted by Gasteiger charge is 2.27. The van der Waals surface area contributed by atoms with Gasteiger partial charge in [0.15, 0.2) is 5.96 Å². The summed E-state index contributed by atoms with van der Waals surface area (Å²) in [5.74, 6) is 2.92. The van der Waals surface area contributed by atoms with Gasteiger partial charge < -0.3 is 24.9 Å². The molecule has 0 radical (unpaired) electrons. The van der Waals surface area contributed by atoms with Crippen molar-refractivity contribution in [2.24, 2.45) is 4.99 Å². The van der Waals surface area contributed by atoms with Crippen molar-refractivity contribution in [2.45, 2.75) is 39.8 Å². The fraction of sp³-hybridized carbons (Fsp3) is 0.409. The summed E-state index contributed by atoms with van der Waals surface area (Å²) in [5.41, 5.74) is 0.675. The van der Waals surface area contributed by atoms with Crippen LogP contribution in [0.1, 0.15) is 36.5 Å². The van der Waals surface area contributed by atoms with Crippen LogP contribution in [-0.4, -0.2) is 30.8 Å². The van der Waals surface area contributed by atoms with Crippen molar-refractivity contribution >= 4 is 29.9 Å². The average Bonchev–Trinajstić information content (AvgIpc) is 3.02. The van der Waals surface area contributed by atoms with Gasteiger partial charge in [0.05, 0.1) is 13.1 Å². The fourth-order valence-corrected chi connectivity index (χ4v) is 2.95. The number of hydrogen-bond acceptors (Lipinski definition) is 4. The van der Waals surface area contributed by atoms with Gasteiger partial charge in [0.2, 0.25) is 0 Å². The Morgan fingerprint density at radius 2 is 2.03 bits per heavy atom. The summed E-state index contributed by atoms with van der Waals surface area (Å²) in [6, 6.07) is 9.67. The first kappa shape index (κ1) is 25.0. The van der Waals surface area contributed by atoms with Gasteiger partial charge >= 0.3 is 0 Å². The lowest BCUT2D eigenvalue weighted by atomic mass is 9.96. The molecule has 0 aliphatic rings. The molecule has 0 spiro atoms. The molecule has 0 aliphatic heterocycles. The number of aliphatic hydroxyl groups is 1. The van der Waals surface area contributed by atoms with Crippen molar-refractivity contribution in [3.8, 4) is 5.75 Å². The second kappa shape index (κ2) is 11.9. The van der Waals surface area contributed by atoms with Crippen molar-refractivity contribution in [3.63, 3.8) is 0 Å². The number of ether oxygens (including phenoxy) is 1. The third kappa shape index (κ3) is 7.40. The Hall–Kier alpha value is -2.00. The van der Waals surface area contributed by atoms with Crippen LogP contribution in [0.2, 0.25) is 0 Å². The number of nitrogens with one attached hydrogen (secondary N) is 2. The number of para-hydroxylation sites is 1. The van der Waals surface area contributed by atoms with E-state index in [1.165, 1.54) is 0 Å². The van der Waals surface area contributed by atoms with E-state index in [9.17, 15) is 5.11 Å². The molecule has 1 aromatic heterocycles. The molecule has 3 N–H and O–H groups in total. The van der Waals surface area contributed by atoms with E-state index in [2.05, 4.69) is 22.2 Å². The average molecular weight is 513 g/mol. The molecule has 29 heavy (non-hydrogen) atoms. The smallest absolute Gasteiger partial charge is 0.191 e. The van der Waals surface area contributed by atoms with E-state index in [1.54, 1.807) is 13.0 Å². The minimum Gasteiger partial charge on any atom is -0.489 e. The third-order valence-corrected chi connectivity index (χ3v) is 4.30. The van der Waals surface area contributed by atoms with Crippen molar-refractivity contribution in [1.82, 2.24) is 10.6 Å². The number of guanidine groups is 1. The van der Waals surface area contributed by atoms with Gasteiger partial charge in [-0.15, -0.1) is 24.0 Å². The lowest BCUT2D eigenvalue weighted by Gasteiger charge is -2.24. The molecule has 1 heterocycles. The first-order chi connectivity index (χ1) is 13.4. The van der Waals surface area contributed by atoms with E-state index in [0.29, 0.717) is 32.2 Å². The molecule has 1 atom stereocenters. The summed E-state index contributed by atoms with van der Waals surface area (Å²) < 4.78 is 11.2. The van der Waals surface area contributed by atoms with Gasteiger partial charge in [-0.1, -0.05) is 30.9 Å². The van der Waals surface area contributed by atoms with E-state index in [1.807, 2.05) is 51.1 Å². The van der Waals surface area contributed by atoms with Crippen LogP contribution in [-0.2, 0) is 12.1 Å². The molecule has 0 bridgehead atoms. The predicted octanol–water partition coefficient (Wildman–Crippen LogP) is 4.04. The Morgan fingerprint density at radius 1 is 1.31 bits per heavy atom. The number of aliphatic imine (C=N–C) groups is 1. The maximum Gasteiger partial charge on any atom is 0.191 e. The van der Waals surface area contributed by atoms with E-state index >= 15 is 0 Å². The van der Waals surface area contributed by atoms with Crippen LogP contribution in [0.25, 0.3) is 0 Å². The van der Waals surface area contributed by atoms with Crippen molar-refractivity contribution in [1.29, 1.82) is 0 Å². The van der Waals surface area contributed by atoms with Crippen LogP contribution in [0.5, 0.6) is 5.75 Å².